The Hall–Kier alpha value is -1.91. The molecule has 0 heterocycles. The number of nitro groups is 1. The Morgan fingerprint density at radius 2 is 1.57 bits per heavy atom. The van der Waals surface area contributed by atoms with Crippen LogP contribution in [0.5, 0.6) is 0 Å². The maximum atomic E-state index is 11.5. The van der Waals surface area contributed by atoms with Crippen LogP contribution >= 0.6 is 0 Å². The fourth-order valence-corrected chi connectivity index (χ4v) is 2.45. The Bertz CT molecular complexity index is 579. The molecule has 116 valence electrons. The Morgan fingerprint density at radius 1 is 1.10 bits per heavy atom. The average Bonchev–Trinajstić information content (AvgIpc) is 2.27. The monoisotopic (exact) mass is 292 g/mol. The summed E-state index contributed by atoms with van der Waals surface area (Å²) < 4.78 is 0. The van der Waals surface area contributed by atoms with Crippen LogP contribution in [0.1, 0.15) is 58.2 Å². The molecule has 1 rings (SSSR count). The van der Waals surface area contributed by atoms with Crippen LogP contribution in [0.25, 0.3) is 0 Å². The number of carbonyl (C=O) groups is 1. The summed E-state index contributed by atoms with van der Waals surface area (Å²) in [4.78, 5) is 22.0. The normalized spacial score (nSPS) is 12.1. The molecule has 0 saturated carbocycles. The van der Waals surface area contributed by atoms with Crippen molar-refractivity contribution in [3.8, 4) is 0 Å². The van der Waals surface area contributed by atoms with E-state index in [0.29, 0.717) is 23.2 Å². The van der Waals surface area contributed by atoms with Gasteiger partial charge >= 0.3 is 0 Å². The molecule has 0 spiro atoms. The van der Waals surface area contributed by atoms with E-state index in [1.807, 2.05) is 47.6 Å². The molecule has 5 nitrogen and oxygen atoms in total. The van der Waals surface area contributed by atoms with Gasteiger partial charge < -0.3 is 5.32 Å². The molecule has 1 amide bonds. The molecule has 0 fully saturated rings. The molecule has 0 saturated heterocycles. The van der Waals surface area contributed by atoms with E-state index in [-0.39, 0.29) is 21.4 Å². The highest BCUT2D eigenvalue weighted by Gasteiger charge is 2.32. The van der Waals surface area contributed by atoms with Gasteiger partial charge in [-0.3, -0.25) is 14.9 Å². The molecule has 0 aliphatic carbocycles. The molecule has 0 aliphatic rings. The van der Waals surface area contributed by atoms with Crippen LogP contribution in [-0.4, -0.2) is 11.3 Å². The lowest BCUT2D eigenvalue weighted by molar-refractivity contribution is -0.386. The van der Waals surface area contributed by atoms with Crippen LogP contribution in [0.3, 0.4) is 0 Å². The number of rotatable bonds is 3. The van der Waals surface area contributed by atoms with Crippen molar-refractivity contribution in [1.29, 1.82) is 0 Å². The third-order valence-electron chi connectivity index (χ3n) is 3.55. The second kappa shape index (κ2) is 5.47. The van der Waals surface area contributed by atoms with Gasteiger partial charge in [0.1, 0.15) is 0 Å². The van der Waals surface area contributed by atoms with Gasteiger partial charge in [-0.25, -0.2) is 0 Å². The highest BCUT2D eigenvalue weighted by molar-refractivity contribution is 5.80. The average molecular weight is 292 g/mol. The molecule has 1 aromatic rings. The molecule has 21 heavy (non-hydrogen) atoms. The number of anilines is 1. The van der Waals surface area contributed by atoms with E-state index in [1.54, 1.807) is 6.92 Å². The van der Waals surface area contributed by atoms with Gasteiger partial charge in [0.05, 0.1) is 16.2 Å². The van der Waals surface area contributed by atoms with E-state index in [4.69, 9.17) is 0 Å². The minimum atomic E-state index is -0.363. The van der Waals surface area contributed by atoms with Crippen LogP contribution in [0.4, 0.5) is 11.4 Å². The standard InChI is InChI=1S/C16H24N2O3/c1-10-13(17-9-19)11(15(2,3)4)8-12(16(5,6)7)14(10)18(20)21/h8-9H,1-7H3,(H,17,19). The summed E-state index contributed by atoms with van der Waals surface area (Å²) in [6.45, 7) is 13.6. The highest BCUT2D eigenvalue weighted by atomic mass is 16.6. The van der Waals surface area contributed by atoms with Gasteiger partial charge in [-0.1, -0.05) is 41.5 Å². The zero-order chi connectivity index (χ0) is 16.6. The third kappa shape index (κ3) is 3.40. The topological polar surface area (TPSA) is 72.2 Å². The van der Waals surface area contributed by atoms with Crippen molar-refractivity contribution in [1.82, 2.24) is 0 Å². The smallest absolute Gasteiger partial charge is 0.278 e. The molecule has 0 bridgehead atoms. The Kier molecular flexibility index (Phi) is 4.46. The van der Waals surface area contributed by atoms with Crippen molar-refractivity contribution in [3.63, 3.8) is 0 Å². The summed E-state index contributed by atoms with van der Waals surface area (Å²) in [6, 6.07) is 1.86. The summed E-state index contributed by atoms with van der Waals surface area (Å²) in [6.07, 6.45) is 0.568. The Labute approximate surface area is 125 Å². The van der Waals surface area contributed by atoms with Crippen LogP contribution in [0.2, 0.25) is 0 Å². The molecule has 1 aromatic carbocycles. The minimum absolute atomic E-state index is 0.0832. The zero-order valence-electron chi connectivity index (χ0n) is 13.8. The van der Waals surface area contributed by atoms with Crippen molar-refractivity contribution >= 4 is 17.8 Å². The van der Waals surface area contributed by atoms with E-state index < -0.39 is 0 Å². The third-order valence-corrected chi connectivity index (χ3v) is 3.55. The first kappa shape index (κ1) is 17.1. The van der Waals surface area contributed by atoms with E-state index in [1.165, 1.54) is 0 Å². The molecular weight excluding hydrogens is 268 g/mol. The van der Waals surface area contributed by atoms with Crippen LogP contribution in [-0.2, 0) is 15.6 Å². The van der Waals surface area contributed by atoms with Crippen LogP contribution in [0.15, 0.2) is 6.07 Å². The molecule has 1 N–H and O–H groups in total. The minimum Gasteiger partial charge on any atom is -0.328 e. The van der Waals surface area contributed by atoms with Gasteiger partial charge in [0, 0.05) is 5.56 Å². The first-order chi connectivity index (χ1) is 9.41. The number of benzene rings is 1. The van der Waals surface area contributed by atoms with Gasteiger partial charge in [-0.15, -0.1) is 0 Å². The maximum Gasteiger partial charge on any atom is 0.278 e. The summed E-state index contributed by atoms with van der Waals surface area (Å²) in [5.41, 5.74) is 2.13. The van der Waals surface area contributed by atoms with Gasteiger partial charge in [-0.05, 0) is 29.4 Å². The lowest BCUT2D eigenvalue weighted by Gasteiger charge is -2.28. The molecule has 0 atom stereocenters. The number of nitrogens with zero attached hydrogens (tertiary/aromatic N) is 1. The lowest BCUT2D eigenvalue weighted by Crippen LogP contribution is -2.21. The highest BCUT2D eigenvalue weighted by Crippen LogP contribution is 2.42. The molecular formula is C16H24N2O3. The predicted molar refractivity (Wildman–Crippen MR) is 84.9 cm³/mol. The second-order valence-electron chi connectivity index (χ2n) is 7.34. The first-order valence-electron chi connectivity index (χ1n) is 6.94. The number of carbonyl (C=O) groups excluding carboxylic acids is 1. The molecule has 0 aliphatic heterocycles. The van der Waals surface area contributed by atoms with E-state index in [0.717, 1.165) is 5.56 Å². The number of nitro benzene ring substituents is 1. The molecule has 0 unspecified atom stereocenters. The quantitative estimate of drug-likeness (QED) is 0.518. The summed E-state index contributed by atoms with van der Waals surface area (Å²) in [5.74, 6) is 0. The number of hydrogen-bond donors (Lipinski definition) is 1. The summed E-state index contributed by atoms with van der Waals surface area (Å²) in [7, 11) is 0. The summed E-state index contributed by atoms with van der Waals surface area (Å²) in [5, 5.41) is 14.1. The van der Waals surface area contributed by atoms with E-state index >= 15 is 0 Å². The number of hydrogen-bond acceptors (Lipinski definition) is 3. The second-order valence-corrected chi connectivity index (χ2v) is 7.34. The number of amides is 1. The van der Waals surface area contributed by atoms with Crippen molar-refractivity contribution in [2.24, 2.45) is 0 Å². The fraction of sp³-hybridized carbons (Fsp3) is 0.562. The maximum absolute atomic E-state index is 11.5. The molecule has 5 heteroatoms. The van der Waals surface area contributed by atoms with Crippen LogP contribution in [0, 0.1) is 17.0 Å². The largest absolute Gasteiger partial charge is 0.328 e. The van der Waals surface area contributed by atoms with Gasteiger partial charge in [-0.2, -0.15) is 0 Å². The molecule has 0 radical (unpaired) electrons. The predicted octanol–water partition coefficient (Wildman–Crippen LogP) is 4.07. The fourth-order valence-electron chi connectivity index (χ4n) is 2.45. The van der Waals surface area contributed by atoms with Crippen molar-refractivity contribution in [2.75, 3.05) is 5.32 Å². The SMILES string of the molecule is Cc1c(NC=O)c(C(C)(C)C)cc(C(C)(C)C)c1[N+](=O)[O-]. The molecule has 0 aromatic heterocycles. The van der Waals surface area contributed by atoms with Crippen molar-refractivity contribution in [2.45, 2.75) is 59.3 Å². The lowest BCUT2D eigenvalue weighted by atomic mass is 9.77. The van der Waals surface area contributed by atoms with E-state index in [9.17, 15) is 14.9 Å². The van der Waals surface area contributed by atoms with Gasteiger partial charge in [0.2, 0.25) is 6.41 Å². The number of nitrogens with one attached hydrogen (secondary N) is 1. The van der Waals surface area contributed by atoms with Crippen molar-refractivity contribution in [3.05, 3.63) is 32.9 Å². The van der Waals surface area contributed by atoms with Gasteiger partial charge in [0.15, 0.2) is 0 Å². The van der Waals surface area contributed by atoms with Gasteiger partial charge in [0.25, 0.3) is 5.69 Å². The van der Waals surface area contributed by atoms with Crippen LogP contribution < -0.4 is 5.32 Å². The van der Waals surface area contributed by atoms with Crippen molar-refractivity contribution < 1.29 is 9.72 Å². The Balaban J connectivity index is 3.88. The summed E-state index contributed by atoms with van der Waals surface area (Å²) >= 11 is 0. The van der Waals surface area contributed by atoms with E-state index in [2.05, 4.69) is 5.32 Å². The Morgan fingerprint density at radius 3 is 1.90 bits per heavy atom. The zero-order valence-corrected chi connectivity index (χ0v) is 13.8. The first-order valence-corrected chi connectivity index (χ1v) is 6.94.